The fourth-order valence-corrected chi connectivity index (χ4v) is 1.72. The molecule has 0 saturated carbocycles. The van der Waals surface area contributed by atoms with E-state index in [0.717, 1.165) is 11.1 Å². The van der Waals surface area contributed by atoms with Crippen molar-refractivity contribution in [2.24, 2.45) is 5.73 Å². The average molecular weight is 259 g/mol. The molecular weight excluding hydrogens is 238 g/mol. The standard InChI is InChI=1S/C14H15NO.C2H6O/c15-13(11-7-3-1-4-8-11)14(16)12-9-5-2-6-10-12;1-2-3/h1-10,13-14,16H,15H2;3H,2H2,1H3. The quantitative estimate of drug-likeness (QED) is 0.793. The number of benzene rings is 2. The van der Waals surface area contributed by atoms with Crippen molar-refractivity contribution in [2.45, 2.75) is 19.1 Å². The maximum Gasteiger partial charge on any atom is 0.0982 e. The Kier molecular flexibility index (Phi) is 6.82. The van der Waals surface area contributed by atoms with E-state index in [0.29, 0.717) is 0 Å². The summed E-state index contributed by atoms with van der Waals surface area (Å²) >= 11 is 0. The van der Waals surface area contributed by atoms with E-state index in [9.17, 15) is 5.11 Å². The normalized spacial score (nSPS) is 13.1. The van der Waals surface area contributed by atoms with Gasteiger partial charge < -0.3 is 15.9 Å². The van der Waals surface area contributed by atoms with Crippen molar-refractivity contribution in [3.05, 3.63) is 71.8 Å². The largest absolute Gasteiger partial charge is 0.397 e. The smallest absolute Gasteiger partial charge is 0.0982 e. The van der Waals surface area contributed by atoms with Crippen molar-refractivity contribution in [2.75, 3.05) is 6.61 Å². The van der Waals surface area contributed by atoms with Gasteiger partial charge in [0, 0.05) is 6.61 Å². The Bertz CT molecular complexity index is 401. The minimum absolute atomic E-state index is 0.250. The molecule has 4 N–H and O–H groups in total. The predicted molar refractivity (Wildman–Crippen MR) is 77.5 cm³/mol. The van der Waals surface area contributed by atoms with Gasteiger partial charge in [0.2, 0.25) is 0 Å². The highest BCUT2D eigenvalue weighted by molar-refractivity contribution is 5.25. The molecule has 0 heterocycles. The van der Waals surface area contributed by atoms with Crippen LogP contribution in [-0.4, -0.2) is 16.8 Å². The van der Waals surface area contributed by atoms with Crippen LogP contribution in [-0.2, 0) is 0 Å². The molecule has 102 valence electrons. The van der Waals surface area contributed by atoms with Crippen molar-refractivity contribution >= 4 is 0 Å². The van der Waals surface area contributed by atoms with Gasteiger partial charge in [-0.05, 0) is 18.1 Å². The highest BCUT2D eigenvalue weighted by Crippen LogP contribution is 2.25. The van der Waals surface area contributed by atoms with E-state index in [1.165, 1.54) is 0 Å². The van der Waals surface area contributed by atoms with Crippen LogP contribution in [0.1, 0.15) is 30.2 Å². The lowest BCUT2D eigenvalue weighted by Gasteiger charge is -2.19. The summed E-state index contributed by atoms with van der Waals surface area (Å²) in [5.41, 5.74) is 7.81. The van der Waals surface area contributed by atoms with Crippen molar-refractivity contribution in [1.29, 1.82) is 0 Å². The Morgan fingerprint density at radius 1 is 0.895 bits per heavy atom. The van der Waals surface area contributed by atoms with Gasteiger partial charge in [0.05, 0.1) is 12.1 Å². The minimum atomic E-state index is -0.663. The average Bonchev–Trinajstić information content (AvgIpc) is 2.48. The fourth-order valence-electron chi connectivity index (χ4n) is 1.72. The van der Waals surface area contributed by atoms with Gasteiger partial charge in [-0.25, -0.2) is 0 Å². The van der Waals surface area contributed by atoms with E-state index in [-0.39, 0.29) is 12.6 Å². The third-order valence-corrected chi connectivity index (χ3v) is 2.67. The molecule has 0 aliphatic heterocycles. The van der Waals surface area contributed by atoms with Gasteiger partial charge in [0.15, 0.2) is 0 Å². The second kappa shape index (κ2) is 8.43. The van der Waals surface area contributed by atoms with Gasteiger partial charge in [-0.3, -0.25) is 0 Å². The molecule has 2 unspecified atom stereocenters. The topological polar surface area (TPSA) is 66.5 Å². The Labute approximate surface area is 114 Å². The summed E-state index contributed by atoms with van der Waals surface area (Å²) in [7, 11) is 0. The van der Waals surface area contributed by atoms with Crippen LogP contribution in [0.2, 0.25) is 0 Å². The lowest BCUT2D eigenvalue weighted by Crippen LogP contribution is -2.19. The zero-order valence-electron chi connectivity index (χ0n) is 11.1. The summed E-state index contributed by atoms with van der Waals surface area (Å²) in [5, 5.41) is 17.7. The molecule has 3 nitrogen and oxygen atoms in total. The molecule has 2 rings (SSSR count). The van der Waals surface area contributed by atoms with Crippen LogP contribution in [0.25, 0.3) is 0 Å². The molecule has 2 aromatic rings. The molecule has 0 bridgehead atoms. The maximum atomic E-state index is 10.1. The van der Waals surface area contributed by atoms with E-state index in [1.54, 1.807) is 6.92 Å². The molecule has 0 aliphatic rings. The molecule has 0 amide bonds. The van der Waals surface area contributed by atoms with Crippen molar-refractivity contribution in [3.8, 4) is 0 Å². The zero-order chi connectivity index (χ0) is 14.1. The van der Waals surface area contributed by atoms with Gasteiger partial charge in [-0.2, -0.15) is 0 Å². The number of hydrogen-bond acceptors (Lipinski definition) is 3. The van der Waals surface area contributed by atoms with Gasteiger partial charge in [-0.15, -0.1) is 0 Å². The molecule has 2 atom stereocenters. The predicted octanol–water partition coefficient (Wildman–Crippen LogP) is 2.42. The van der Waals surface area contributed by atoms with Crippen LogP contribution in [0.3, 0.4) is 0 Å². The molecule has 3 heteroatoms. The number of aliphatic hydroxyl groups is 2. The molecule has 0 aromatic heterocycles. The minimum Gasteiger partial charge on any atom is -0.397 e. The number of aliphatic hydroxyl groups excluding tert-OH is 2. The van der Waals surface area contributed by atoms with Crippen LogP contribution in [0.5, 0.6) is 0 Å². The maximum absolute atomic E-state index is 10.1. The number of nitrogens with two attached hydrogens (primary N) is 1. The van der Waals surface area contributed by atoms with Gasteiger partial charge >= 0.3 is 0 Å². The van der Waals surface area contributed by atoms with Gasteiger partial charge in [0.25, 0.3) is 0 Å². The molecule has 0 radical (unpaired) electrons. The fraction of sp³-hybridized carbons (Fsp3) is 0.250. The lowest BCUT2D eigenvalue weighted by atomic mass is 9.97. The molecule has 0 fully saturated rings. The van der Waals surface area contributed by atoms with Crippen LogP contribution in [0.15, 0.2) is 60.7 Å². The first kappa shape index (κ1) is 15.4. The van der Waals surface area contributed by atoms with Crippen LogP contribution in [0, 0.1) is 0 Å². The summed E-state index contributed by atoms with van der Waals surface area (Å²) in [6.45, 7) is 1.93. The SMILES string of the molecule is CCO.NC(c1ccccc1)C(O)c1ccccc1. The van der Waals surface area contributed by atoms with Gasteiger partial charge in [-0.1, -0.05) is 60.7 Å². The van der Waals surface area contributed by atoms with Crippen LogP contribution < -0.4 is 5.73 Å². The monoisotopic (exact) mass is 259 g/mol. The Hall–Kier alpha value is -1.68. The summed E-state index contributed by atoms with van der Waals surface area (Å²) in [5.74, 6) is 0. The summed E-state index contributed by atoms with van der Waals surface area (Å²) in [6, 6.07) is 18.7. The lowest BCUT2D eigenvalue weighted by molar-refractivity contribution is 0.147. The van der Waals surface area contributed by atoms with E-state index < -0.39 is 6.10 Å². The van der Waals surface area contributed by atoms with Crippen LogP contribution >= 0.6 is 0 Å². The van der Waals surface area contributed by atoms with Crippen molar-refractivity contribution < 1.29 is 10.2 Å². The first-order chi connectivity index (χ1) is 9.20. The first-order valence-corrected chi connectivity index (χ1v) is 6.35. The van der Waals surface area contributed by atoms with E-state index >= 15 is 0 Å². The summed E-state index contributed by atoms with van der Waals surface area (Å²) in [6.07, 6.45) is -0.663. The number of rotatable bonds is 3. The first-order valence-electron chi connectivity index (χ1n) is 6.35. The Balaban J connectivity index is 0.000000550. The molecular formula is C16H21NO2. The van der Waals surface area contributed by atoms with Crippen LogP contribution in [0.4, 0.5) is 0 Å². The number of hydrogen-bond donors (Lipinski definition) is 3. The van der Waals surface area contributed by atoms with E-state index in [1.807, 2.05) is 60.7 Å². The van der Waals surface area contributed by atoms with E-state index in [2.05, 4.69) is 0 Å². The molecule has 2 aromatic carbocycles. The third-order valence-electron chi connectivity index (χ3n) is 2.67. The third kappa shape index (κ3) is 4.83. The molecule has 0 spiro atoms. The zero-order valence-corrected chi connectivity index (χ0v) is 11.1. The molecule has 0 aliphatic carbocycles. The highest BCUT2D eigenvalue weighted by Gasteiger charge is 2.17. The van der Waals surface area contributed by atoms with Crippen molar-refractivity contribution in [3.63, 3.8) is 0 Å². The second-order valence-corrected chi connectivity index (χ2v) is 4.11. The molecule has 19 heavy (non-hydrogen) atoms. The highest BCUT2D eigenvalue weighted by atomic mass is 16.3. The van der Waals surface area contributed by atoms with E-state index in [4.69, 9.17) is 10.8 Å². The Morgan fingerprint density at radius 3 is 1.68 bits per heavy atom. The summed E-state index contributed by atoms with van der Waals surface area (Å²) < 4.78 is 0. The molecule has 0 saturated heterocycles. The van der Waals surface area contributed by atoms with Gasteiger partial charge in [0.1, 0.15) is 0 Å². The van der Waals surface area contributed by atoms with Crippen molar-refractivity contribution in [1.82, 2.24) is 0 Å². The summed E-state index contributed by atoms with van der Waals surface area (Å²) in [4.78, 5) is 0. The second-order valence-electron chi connectivity index (χ2n) is 4.11. The Morgan fingerprint density at radius 2 is 1.26 bits per heavy atom.